The van der Waals surface area contributed by atoms with Crippen LogP contribution in [0.2, 0.25) is 12.1 Å². The Labute approximate surface area is 108 Å². The molecule has 6 heteroatoms. The van der Waals surface area contributed by atoms with Gasteiger partial charge in [0.15, 0.2) is 15.2 Å². The van der Waals surface area contributed by atoms with Gasteiger partial charge in [0.25, 0.3) is 5.92 Å². The monoisotopic (exact) mass is 236 g/mol. The van der Waals surface area contributed by atoms with E-state index in [1.54, 1.807) is 0 Å². The number of rotatable bonds is 3. The first-order valence-corrected chi connectivity index (χ1v) is 6.76. The summed E-state index contributed by atoms with van der Waals surface area (Å²) in [6, 6.07) is 0.424. The van der Waals surface area contributed by atoms with Crippen molar-refractivity contribution in [1.29, 1.82) is 0 Å². The molecule has 1 saturated heterocycles. The van der Waals surface area contributed by atoms with Gasteiger partial charge < -0.3 is 5.85 Å². The van der Waals surface area contributed by atoms with E-state index in [0.717, 1.165) is 25.8 Å². The van der Waals surface area contributed by atoms with E-state index in [1.807, 2.05) is 0 Å². The van der Waals surface area contributed by atoms with Crippen molar-refractivity contribution < 1.29 is 48.6 Å². The molecule has 2 unspecified atom stereocenters. The van der Waals surface area contributed by atoms with Gasteiger partial charge in [-0.1, -0.05) is 6.42 Å². The Kier molecular flexibility index (Phi) is 6.98. The second kappa shape index (κ2) is 6.53. The van der Waals surface area contributed by atoms with Crippen LogP contribution in [0.3, 0.4) is 0 Å². The van der Waals surface area contributed by atoms with E-state index in [-0.39, 0.29) is 37.0 Å². The van der Waals surface area contributed by atoms with E-state index in [2.05, 4.69) is 0 Å². The molecule has 1 fully saturated rings. The molecule has 0 aromatic rings. The van der Waals surface area contributed by atoms with Crippen molar-refractivity contribution in [2.75, 3.05) is 6.61 Å². The predicted molar refractivity (Wildman–Crippen MR) is 48.6 cm³/mol. The van der Waals surface area contributed by atoms with E-state index in [9.17, 15) is 13.2 Å². The molecule has 0 aromatic carbocycles. The molecule has 0 radical (unpaired) electrons. The van der Waals surface area contributed by atoms with Gasteiger partial charge in [-0.3, -0.25) is 0 Å². The first kappa shape index (κ1) is 15.0. The van der Waals surface area contributed by atoms with Gasteiger partial charge in [0.2, 0.25) is 0 Å². The molecule has 0 saturated carbocycles. The van der Waals surface area contributed by atoms with Crippen LogP contribution in [0.15, 0.2) is 0 Å². The Balaban J connectivity index is 0. The molecule has 1 aliphatic rings. The summed E-state index contributed by atoms with van der Waals surface area (Å²) >= 11 is 0. The van der Waals surface area contributed by atoms with E-state index in [0.29, 0.717) is 6.61 Å². The van der Waals surface area contributed by atoms with Crippen LogP contribution < -0.4 is 29.6 Å². The van der Waals surface area contributed by atoms with Crippen LogP contribution >= 0.6 is 0 Å². The molecule has 80 valence electrons. The maximum absolute atomic E-state index is 12.9. The molecule has 1 heterocycles. The van der Waals surface area contributed by atoms with Crippen molar-refractivity contribution in [3.8, 4) is 0 Å². The summed E-state index contributed by atoms with van der Waals surface area (Å²) in [6.07, 6.45) is -0.126. The molecule has 0 aromatic heterocycles. The Morgan fingerprint density at radius 2 is 2.14 bits per heavy atom. The van der Waals surface area contributed by atoms with Gasteiger partial charge in [-0.15, -0.1) is 0 Å². The van der Waals surface area contributed by atoms with E-state index in [4.69, 9.17) is 4.43 Å². The predicted octanol–water partition coefficient (Wildman–Crippen LogP) is -0.370. The normalized spacial score (nSPS) is 25.3. The minimum absolute atomic E-state index is 0. The van der Waals surface area contributed by atoms with Crippen LogP contribution in [-0.4, -0.2) is 27.7 Å². The average Bonchev–Trinajstić information content (AvgIpc) is 2.05. The summed E-state index contributed by atoms with van der Waals surface area (Å²) in [5, 5.41) is 0. The van der Waals surface area contributed by atoms with Crippen LogP contribution in [0.4, 0.5) is 13.2 Å². The number of alkyl halides is 3. The van der Waals surface area contributed by atoms with Gasteiger partial charge in [0.1, 0.15) is 0 Å². The van der Waals surface area contributed by atoms with Crippen molar-refractivity contribution in [2.24, 2.45) is 0 Å². The molecular formula is C8H16F3NaOSi. The van der Waals surface area contributed by atoms with E-state index >= 15 is 0 Å². The van der Waals surface area contributed by atoms with Crippen LogP contribution in [0.25, 0.3) is 0 Å². The molecule has 2 atom stereocenters. The Morgan fingerprint density at radius 3 is 2.57 bits per heavy atom. The molecule has 0 aliphatic carbocycles. The summed E-state index contributed by atoms with van der Waals surface area (Å²) < 4.78 is 43.5. The molecule has 0 bridgehead atoms. The Bertz CT molecular complexity index is 168. The first-order valence-electron chi connectivity index (χ1n) is 4.66. The van der Waals surface area contributed by atoms with Gasteiger partial charge >= 0.3 is 29.6 Å². The smallest absolute Gasteiger partial charge is 1.00 e. The van der Waals surface area contributed by atoms with Crippen LogP contribution in [-0.2, 0) is 4.43 Å². The van der Waals surface area contributed by atoms with Crippen LogP contribution in [0.5, 0.6) is 0 Å². The number of hydrogen-bond donors (Lipinski definition) is 0. The van der Waals surface area contributed by atoms with Gasteiger partial charge in [0.05, 0.1) is 0 Å². The van der Waals surface area contributed by atoms with Crippen LogP contribution in [0.1, 0.15) is 21.2 Å². The number of halogens is 3. The fourth-order valence-electron chi connectivity index (χ4n) is 1.43. The van der Waals surface area contributed by atoms with Crippen molar-refractivity contribution in [3.63, 3.8) is 0 Å². The third-order valence-corrected chi connectivity index (χ3v) is 5.11. The third kappa shape index (κ3) is 4.66. The van der Waals surface area contributed by atoms with Crippen LogP contribution in [0, 0.1) is 0 Å². The quantitative estimate of drug-likeness (QED) is 0.608. The SMILES string of the molecule is CC(F)C(F)(F)C[SiH]1CCCCO1.[H-].[Na+]. The second-order valence-electron chi connectivity index (χ2n) is 3.57. The minimum Gasteiger partial charge on any atom is -1.00 e. The molecule has 0 spiro atoms. The minimum atomic E-state index is -3.17. The zero-order chi connectivity index (χ0) is 9.90. The van der Waals surface area contributed by atoms with Gasteiger partial charge in [-0.25, -0.2) is 13.2 Å². The van der Waals surface area contributed by atoms with Crippen molar-refractivity contribution in [3.05, 3.63) is 0 Å². The summed E-state index contributed by atoms with van der Waals surface area (Å²) in [5.41, 5.74) is 0. The largest absolute Gasteiger partial charge is 1.00 e. The Hall–Kier alpha value is 0.967. The molecule has 1 aliphatic heterocycles. The summed E-state index contributed by atoms with van der Waals surface area (Å²) in [6.45, 7) is 1.50. The fourth-order valence-corrected chi connectivity index (χ4v) is 4.10. The third-order valence-electron chi connectivity index (χ3n) is 2.36. The maximum Gasteiger partial charge on any atom is 1.00 e. The molecule has 1 nitrogen and oxygen atoms in total. The standard InChI is InChI=1S/C8H15F3OSi.Na.H/c1-7(9)8(10,11)6-13-5-3-2-4-12-13;;/h7,13H,2-6H2,1H3;;/q;+1;-1. The number of hydrogen-bond acceptors (Lipinski definition) is 1. The fraction of sp³-hybridized carbons (Fsp3) is 1.00. The molecular weight excluding hydrogens is 220 g/mol. The maximum atomic E-state index is 12.9. The zero-order valence-electron chi connectivity index (χ0n) is 9.73. The second-order valence-corrected chi connectivity index (χ2v) is 6.13. The van der Waals surface area contributed by atoms with Crippen molar-refractivity contribution in [1.82, 2.24) is 0 Å². The van der Waals surface area contributed by atoms with E-state index in [1.165, 1.54) is 0 Å². The Morgan fingerprint density at radius 1 is 1.50 bits per heavy atom. The topological polar surface area (TPSA) is 9.23 Å². The molecule has 0 amide bonds. The van der Waals surface area contributed by atoms with Crippen molar-refractivity contribution in [2.45, 2.75) is 43.9 Å². The zero-order valence-corrected chi connectivity index (χ0v) is 11.9. The van der Waals surface area contributed by atoms with Gasteiger partial charge in [-0.05, 0) is 19.4 Å². The summed E-state index contributed by atoms with van der Waals surface area (Å²) in [5.74, 6) is -3.17. The molecule has 1 rings (SSSR count). The summed E-state index contributed by atoms with van der Waals surface area (Å²) in [4.78, 5) is 0. The average molecular weight is 236 g/mol. The van der Waals surface area contributed by atoms with Gasteiger partial charge in [-0.2, -0.15) is 0 Å². The van der Waals surface area contributed by atoms with E-state index < -0.39 is 21.1 Å². The summed E-state index contributed by atoms with van der Waals surface area (Å²) in [7, 11) is -1.80. The molecule has 14 heavy (non-hydrogen) atoms. The van der Waals surface area contributed by atoms with Gasteiger partial charge in [0, 0.05) is 12.7 Å². The first-order chi connectivity index (χ1) is 6.02. The molecule has 0 N–H and O–H groups in total. The van der Waals surface area contributed by atoms with Crippen molar-refractivity contribution >= 4 is 9.04 Å².